The van der Waals surface area contributed by atoms with E-state index >= 15 is 0 Å². The number of imide groups is 1. The maximum atomic E-state index is 13.0. The number of benzene rings is 3. The Balaban J connectivity index is 1.52. The van der Waals surface area contributed by atoms with Gasteiger partial charge in [-0.05, 0) is 54.3 Å². The fourth-order valence-corrected chi connectivity index (χ4v) is 3.85. The van der Waals surface area contributed by atoms with Gasteiger partial charge in [0.05, 0.1) is 6.54 Å². The lowest BCUT2D eigenvalue weighted by atomic mass is 10.1. The van der Waals surface area contributed by atoms with E-state index in [9.17, 15) is 14.4 Å². The summed E-state index contributed by atoms with van der Waals surface area (Å²) in [5.41, 5.74) is 4.41. The zero-order valence-electron chi connectivity index (χ0n) is 18.9. The number of anilines is 2. The van der Waals surface area contributed by atoms with E-state index in [2.05, 4.69) is 17.6 Å². The zero-order chi connectivity index (χ0) is 24.2. The Kier molecular flexibility index (Phi) is 6.80. The number of halogens is 1. The lowest BCUT2D eigenvalue weighted by Gasteiger charge is -2.16. The highest BCUT2D eigenvalue weighted by molar-refractivity contribution is 6.48. The molecule has 0 aliphatic carbocycles. The van der Waals surface area contributed by atoms with E-state index in [-0.39, 0.29) is 23.2 Å². The maximum absolute atomic E-state index is 13.0. The van der Waals surface area contributed by atoms with Crippen LogP contribution in [0.2, 0.25) is 0 Å². The molecule has 4 rings (SSSR count). The fourth-order valence-electron chi connectivity index (χ4n) is 3.62. The third-order valence-corrected chi connectivity index (χ3v) is 6.03. The van der Waals surface area contributed by atoms with E-state index < -0.39 is 11.8 Å². The number of nitrogens with one attached hydrogen (secondary N) is 2. The van der Waals surface area contributed by atoms with Crippen LogP contribution in [0.4, 0.5) is 11.4 Å². The number of carbonyl (C=O) groups is 3. The third kappa shape index (κ3) is 4.87. The summed E-state index contributed by atoms with van der Waals surface area (Å²) in [6, 6.07) is 22.0. The van der Waals surface area contributed by atoms with Crippen LogP contribution >= 0.6 is 11.6 Å². The van der Waals surface area contributed by atoms with Crippen molar-refractivity contribution in [2.45, 2.75) is 26.8 Å². The first-order chi connectivity index (χ1) is 16.4. The van der Waals surface area contributed by atoms with Crippen molar-refractivity contribution in [3.05, 3.63) is 106 Å². The van der Waals surface area contributed by atoms with Crippen molar-refractivity contribution in [1.29, 1.82) is 0 Å². The van der Waals surface area contributed by atoms with Crippen LogP contribution in [0.5, 0.6) is 0 Å². The average molecular weight is 474 g/mol. The standard InChI is InChI=1S/C27H24ClN3O3/c1-3-18-10-13-21(14-11-18)29-25(32)20-12-9-17(2)22(15-20)30-24-23(28)26(33)31(27(24)34)16-19-7-5-4-6-8-19/h4-15,30H,3,16H2,1-2H3,(H,29,32). The molecule has 7 heteroatoms. The minimum atomic E-state index is -0.555. The summed E-state index contributed by atoms with van der Waals surface area (Å²) < 4.78 is 0. The van der Waals surface area contributed by atoms with Crippen molar-refractivity contribution in [3.63, 3.8) is 0 Å². The third-order valence-electron chi connectivity index (χ3n) is 5.67. The highest BCUT2D eigenvalue weighted by Crippen LogP contribution is 2.29. The monoisotopic (exact) mass is 473 g/mol. The van der Waals surface area contributed by atoms with Crippen LogP contribution in [-0.4, -0.2) is 22.6 Å². The van der Waals surface area contributed by atoms with Crippen LogP contribution in [0.3, 0.4) is 0 Å². The molecule has 3 aromatic carbocycles. The van der Waals surface area contributed by atoms with Crippen LogP contribution in [0.15, 0.2) is 83.5 Å². The Morgan fingerprint density at radius 3 is 2.29 bits per heavy atom. The number of hydrogen-bond donors (Lipinski definition) is 2. The van der Waals surface area contributed by atoms with Gasteiger partial charge >= 0.3 is 0 Å². The quantitative estimate of drug-likeness (QED) is 0.460. The summed E-state index contributed by atoms with van der Waals surface area (Å²) in [5, 5.41) is 5.68. The number of rotatable bonds is 7. The van der Waals surface area contributed by atoms with E-state index in [4.69, 9.17) is 11.6 Å². The van der Waals surface area contributed by atoms with Gasteiger partial charge in [-0.1, -0.05) is 67.1 Å². The Hall–Kier alpha value is -3.90. The minimum absolute atomic E-state index is 0.00147. The topological polar surface area (TPSA) is 78.5 Å². The summed E-state index contributed by atoms with van der Waals surface area (Å²) in [6.07, 6.45) is 0.920. The van der Waals surface area contributed by atoms with E-state index in [0.29, 0.717) is 16.9 Å². The molecule has 0 saturated heterocycles. The molecular formula is C27H24ClN3O3. The van der Waals surface area contributed by atoms with Gasteiger partial charge in [0, 0.05) is 16.9 Å². The molecule has 0 radical (unpaired) electrons. The van der Waals surface area contributed by atoms with E-state index in [1.807, 2.05) is 61.5 Å². The molecule has 1 heterocycles. The van der Waals surface area contributed by atoms with Crippen molar-refractivity contribution >= 4 is 40.7 Å². The van der Waals surface area contributed by atoms with Crippen molar-refractivity contribution < 1.29 is 14.4 Å². The molecule has 172 valence electrons. The predicted octanol–water partition coefficient (Wildman–Crippen LogP) is 5.24. The van der Waals surface area contributed by atoms with E-state index in [0.717, 1.165) is 22.4 Å². The summed E-state index contributed by atoms with van der Waals surface area (Å²) in [6.45, 7) is 4.03. The molecule has 0 bridgehead atoms. The summed E-state index contributed by atoms with van der Waals surface area (Å²) in [7, 11) is 0. The Bertz CT molecular complexity index is 1280. The first kappa shape index (κ1) is 23.3. The molecule has 0 spiro atoms. The van der Waals surface area contributed by atoms with Crippen molar-refractivity contribution in [3.8, 4) is 0 Å². The molecule has 34 heavy (non-hydrogen) atoms. The van der Waals surface area contributed by atoms with Gasteiger partial charge in [-0.25, -0.2) is 0 Å². The second-order valence-electron chi connectivity index (χ2n) is 8.03. The van der Waals surface area contributed by atoms with Gasteiger partial charge in [0.15, 0.2) is 0 Å². The van der Waals surface area contributed by atoms with E-state index in [1.165, 1.54) is 5.56 Å². The summed E-state index contributed by atoms with van der Waals surface area (Å²) in [4.78, 5) is 39.5. The Labute approximate surface area is 203 Å². The zero-order valence-corrected chi connectivity index (χ0v) is 19.6. The second-order valence-corrected chi connectivity index (χ2v) is 8.41. The molecule has 1 aliphatic rings. The molecule has 0 fully saturated rings. The van der Waals surface area contributed by atoms with Gasteiger partial charge in [-0.2, -0.15) is 0 Å². The lowest BCUT2D eigenvalue weighted by Crippen LogP contribution is -2.31. The summed E-state index contributed by atoms with van der Waals surface area (Å²) in [5.74, 6) is -1.35. The first-order valence-corrected chi connectivity index (χ1v) is 11.3. The Morgan fingerprint density at radius 1 is 0.912 bits per heavy atom. The van der Waals surface area contributed by atoms with Crippen LogP contribution in [0, 0.1) is 6.92 Å². The second kappa shape index (κ2) is 9.93. The Morgan fingerprint density at radius 2 is 1.62 bits per heavy atom. The number of carbonyl (C=O) groups excluding carboxylic acids is 3. The molecule has 0 saturated carbocycles. The molecule has 3 amide bonds. The molecule has 0 aromatic heterocycles. The van der Waals surface area contributed by atoms with Crippen molar-refractivity contribution in [2.24, 2.45) is 0 Å². The number of hydrogen-bond acceptors (Lipinski definition) is 4. The molecular weight excluding hydrogens is 450 g/mol. The highest BCUT2D eigenvalue weighted by Gasteiger charge is 2.38. The number of aryl methyl sites for hydroxylation is 2. The molecule has 2 N–H and O–H groups in total. The number of amides is 3. The van der Waals surface area contributed by atoms with Gasteiger partial charge in [0.25, 0.3) is 17.7 Å². The van der Waals surface area contributed by atoms with E-state index in [1.54, 1.807) is 18.2 Å². The van der Waals surface area contributed by atoms with Crippen LogP contribution < -0.4 is 10.6 Å². The van der Waals surface area contributed by atoms with Crippen LogP contribution in [0.25, 0.3) is 0 Å². The van der Waals surface area contributed by atoms with Gasteiger partial charge < -0.3 is 10.6 Å². The van der Waals surface area contributed by atoms with Gasteiger partial charge in [0.1, 0.15) is 10.7 Å². The van der Waals surface area contributed by atoms with Crippen LogP contribution in [0.1, 0.15) is 34.0 Å². The predicted molar refractivity (Wildman–Crippen MR) is 133 cm³/mol. The highest BCUT2D eigenvalue weighted by atomic mass is 35.5. The van der Waals surface area contributed by atoms with Gasteiger partial charge in [-0.3, -0.25) is 19.3 Å². The van der Waals surface area contributed by atoms with Gasteiger partial charge in [-0.15, -0.1) is 0 Å². The molecule has 1 aliphatic heterocycles. The SMILES string of the molecule is CCc1ccc(NC(=O)c2ccc(C)c(NC3=C(Cl)C(=O)N(Cc4ccccc4)C3=O)c2)cc1. The molecule has 6 nitrogen and oxygen atoms in total. The minimum Gasteiger partial charge on any atom is -0.349 e. The van der Waals surface area contributed by atoms with Crippen LogP contribution in [-0.2, 0) is 22.6 Å². The van der Waals surface area contributed by atoms with Crippen molar-refractivity contribution in [2.75, 3.05) is 10.6 Å². The molecule has 3 aromatic rings. The molecule has 0 atom stereocenters. The fraction of sp³-hybridized carbons (Fsp3) is 0.148. The normalized spacial score (nSPS) is 13.4. The van der Waals surface area contributed by atoms with Crippen molar-refractivity contribution in [1.82, 2.24) is 4.90 Å². The maximum Gasteiger partial charge on any atom is 0.279 e. The number of nitrogens with zero attached hydrogens (tertiary/aromatic N) is 1. The molecule has 0 unspecified atom stereocenters. The smallest absolute Gasteiger partial charge is 0.279 e. The lowest BCUT2D eigenvalue weighted by molar-refractivity contribution is -0.138. The largest absolute Gasteiger partial charge is 0.349 e. The summed E-state index contributed by atoms with van der Waals surface area (Å²) >= 11 is 6.25. The first-order valence-electron chi connectivity index (χ1n) is 10.9. The average Bonchev–Trinajstić information content (AvgIpc) is 3.04. The van der Waals surface area contributed by atoms with Gasteiger partial charge in [0.2, 0.25) is 0 Å².